The molecule has 0 spiro atoms. The molecule has 1 heterocycles. The molecule has 0 radical (unpaired) electrons. The number of nitrogens with zero attached hydrogens (tertiary/aromatic N) is 2. The predicted octanol–water partition coefficient (Wildman–Crippen LogP) is 3.84. The quantitative estimate of drug-likeness (QED) is 0.863. The summed E-state index contributed by atoms with van der Waals surface area (Å²) in [5, 5.41) is 8.69. The number of nitriles is 1. The molecule has 0 saturated heterocycles. The second kappa shape index (κ2) is 5.83. The summed E-state index contributed by atoms with van der Waals surface area (Å²) < 4.78 is 43.4. The van der Waals surface area contributed by atoms with E-state index in [0.29, 0.717) is 17.0 Å². The number of ether oxygens (including phenoxy) is 1. The van der Waals surface area contributed by atoms with Gasteiger partial charge in [-0.2, -0.15) is 18.4 Å². The fraction of sp³-hybridized carbons (Fsp3) is 0.200. The number of pyridine rings is 1. The van der Waals surface area contributed by atoms with E-state index in [1.165, 1.54) is 19.2 Å². The number of halogens is 3. The summed E-state index contributed by atoms with van der Waals surface area (Å²) in [6.45, 7) is 0. The fourth-order valence-corrected chi connectivity index (χ4v) is 1.88. The summed E-state index contributed by atoms with van der Waals surface area (Å²) in [4.78, 5) is 4.21. The van der Waals surface area contributed by atoms with Gasteiger partial charge in [0.2, 0.25) is 0 Å². The molecule has 2 rings (SSSR count). The fourth-order valence-electron chi connectivity index (χ4n) is 1.88. The third kappa shape index (κ3) is 3.31. The molecule has 21 heavy (non-hydrogen) atoms. The van der Waals surface area contributed by atoms with Crippen LogP contribution in [0.15, 0.2) is 36.4 Å². The van der Waals surface area contributed by atoms with Gasteiger partial charge in [0.05, 0.1) is 30.9 Å². The Bertz CT molecular complexity index is 690. The minimum Gasteiger partial charge on any atom is -0.494 e. The summed E-state index contributed by atoms with van der Waals surface area (Å²) in [6, 6.07) is 10.0. The zero-order valence-electron chi connectivity index (χ0n) is 11.1. The van der Waals surface area contributed by atoms with E-state index >= 15 is 0 Å². The van der Waals surface area contributed by atoms with Crippen LogP contribution in [0.25, 0.3) is 11.3 Å². The molecule has 1 aromatic heterocycles. The SMILES string of the molecule is COc1ccc(CC#N)nc1-c1cccc(C(F)(F)F)c1. The Morgan fingerprint density at radius 2 is 2.00 bits per heavy atom. The van der Waals surface area contributed by atoms with Crippen molar-refractivity contribution in [3.63, 3.8) is 0 Å². The first-order valence-electron chi connectivity index (χ1n) is 6.04. The van der Waals surface area contributed by atoms with Crippen molar-refractivity contribution in [3.05, 3.63) is 47.7 Å². The summed E-state index contributed by atoms with van der Waals surface area (Å²) in [7, 11) is 1.41. The van der Waals surface area contributed by atoms with Gasteiger partial charge in [-0.1, -0.05) is 12.1 Å². The third-order valence-electron chi connectivity index (χ3n) is 2.86. The molecule has 2 aromatic rings. The second-order valence-electron chi connectivity index (χ2n) is 4.27. The molecule has 0 fully saturated rings. The highest BCUT2D eigenvalue weighted by atomic mass is 19.4. The number of hydrogen-bond acceptors (Lipinski definition) is 3. The van der Waals surface area contributed by atoms with Gasteiger partial charge in [-0.05, 0) is 24.3 Å². The number of methoxy groups -OCH3 is 1. The average molecular weight is 292 g/mol. The van der Waals surface area contributed by atoms with E-state index < -0.39 is 11.7 Å². The van der Waals surface area contributed by atoms with Crippen LogP contribution in [0.4, 0.5) is 13.2 Å². The first kappa shape index (κ1) is 14.9. The maximum atomic E-state index is 12.8. The van der Waals surface area contributed by atoms with Crippen LogP contribution in [0.3, 0.4) is 0 Å². The highest BCUT2D eigenvalue weighted by molar-refractivity contribution is 5.67. The molecule has 3 nitrogen and oxygen atoms in total. The van der Waals surface area contributed by atoms with Crippen molar-refractivity contribution in [1.82, 2.24) is 4.98 Å². The van der Waals surface area contributed by atoms with Crippen LogP contribution in [-0.2, 0) is 12.6 Å². The first-order chi connectivity index (χ1) is 9.95. The van der Waals surface area contributed by atoms with Crippen molar-refractivity contribution in [3.8, 4) is 23.1 Å². The topological polar surface area (TPSA) is 45.9 Å². The lowest BCUT2D eigenvalue weighted by molar-refractivity contribution is -0.137. The molecule has 0 aliphatic heterocycles. The molecule has 0 atom stereocenters. The van der Waals surface area contributed by atoms with E-state index in [0.717, 1.165) is 12.1 Å². The summed E-state index contributed by atoms with van der Waals surface area (Å²) in [5.74, 6) is 0.357. The lowest BCUT2D eigenvalue weighted by Crippen LogP contribution is -2.05. The van der Waals surface area contributed by atoms with Gasteiger partial charge in [0, 0.05) is 5.56 Å². The Balaban J connectivity index is 2.55. The zero-order chi connectivity index (χ0) is 15.5. The molecule has 0 bridgehead atoms. The highest BCUT2D eigenvalue weighted by Gasteiger charge is 2.30. The van der Waals surface area contributed by atoms with E-state index in [-0.39, 0.29) is 12.1 Å². The Hall–Kier alpha value is -2.55. The lowest BCUT2D eigenvalue weighted by Gasteiger charge is -2.11. The zero-order valence-corrected chi connectivity index (χ0v) is 11.1. The summed E-state index contributed by atoms with van der Waals surface area (Å²) >= 11 is 0. The lowest BCUT2D eigenvalue weighted by atomic mass is 10.1. The normalized spacial score (nSPS) is 11.0. The van der Waals surface area contributed by atoms with Crippen molar-refractivity contribution in [1.29, 1.82) is 5.26 Å². The molecular weight excluding hydrogens is 281 g/mol. The van der Waals surface area contributed by atoms with Crippen molar-refractivity contribution < 1.29 is 17.9 Å². The van der Waals surface area contributed by atoms with Crippen LogP contribution in [0.1, 0.15) is 11.3 Å². The van der Waals surface area contributed by atoms with Crippen molar-refractivity contribution in [2.45, 2.75) is 12.6 Å². The van der Waals surface area contributed by atoms with Crippen molar-refractivity contribution >= 4 is 0 Å². The molecule has 6 heteroatoms. The molecule has 1 aromatic carbocycles. The van der Waals surface area contributed by atoms with Gasteiger partial charge >= 0.3 is 6.18 Å². The van der Waals surface area contributed by atoms with Crippen LogP contribution >= 0.6 is 0 Å². The number of hydrogen-bond donors (Lipinski definition) is 0. The van der Waals surface area contributed by atoms with Crippen LogP contribution in [0.2, 0.25) is 0 Å². The molecule has 0 unspecified atom stereocenters. The molecule has 0 N–H and O–H groups in total. The first-order valence-corrected chi connectivity index (χ1v) is 6.04. The highest BCUT2D eigenvalue weighted by Crippen LogP contribution is 2.34. The monoisotopic (exact) mass is 292 g/mol. The van der Waals surface area contributed by atoms with Gasteiger partial charge in [-0.15, -0.1) is 0 Å². The molecule has 108 valence electrons. The molecule has 0 aliphatic carbocycles. The maximum Gasteiger partial charge on any atom is 0.416 e. The van der Waals surface area contributed by atoms with E-state index in [1.807, 2.05) is 6.07 Å². The minimum absolute atomic E-state index is 0.0793. The molecule has 0 saturated carbocycles. The van der Waals surface area contributed by atoms with Crippen LogP contribution < -0.4 is 4.74 Å². The van der Waals surface area contributed by atoms with Crippen LogP contribution in [0, 0.1) is 11.3 Å². The average Bonchev–Trinajstić information content (AvgIpc) is 2.47. The smallest absolute Gasteiger partial charge is 0.416 e. The third-order valence-corrected chi connectivity index (χ3v) is 2.86. The molecule has 0 aliphatic rings. The van der Waals surface area contributed by atoms with E-state index in [4.69, 9.17) is 10.00 Å². The van der Waals surface area contributed by atoms with Crippen molar-refractivity contribution in [2.75, 3.05) is 7.11 Å². The Morgan fingerprint density at radius 3 is 2.62 bits per heavy atom. The van der Waals surface area contributed by atoms with Gasteiger partial charge < -0.3 is 4.74 Å². The van der Waals surface area contributed by atoms with E-state index in [2.05, 4.69) is 4.98 Å². The Labute approximate surface area is 119 Å². The van der Waals surface area contributed by atoms with Gasteiger partial charge in [0.15, 0.2) is 0 Å². The Kier molecular flexibility index (Phi) is 4.13. The predicted molar refractivity (Wildman–Crippen MR) is 70.5 cm³/mol. The number of alkyl halides is 3. The van der Waals surface area contributed by atoms with Crippen LogP contribution in [-0.4, -0.2) is 12.1 Å². The number of aromatic nitrogens is 1. The maximum absolute atomic E-state index is 12.8. The summed E-state index contributed by atoms with van der Waals surface area (Å²) in [6.07, 6.45) is -4.34. The second-order valence-corrected chi connectivity index (χ2v) is 4.27. The number of rotatable bonds is 3. The Morgan fingerprint density at radius 1 is 1.24 bits per heavy atom. The van der Waals surface area contributed by atoms with Crippen LogP contribution in [0.5, 0.6) is 5.75 Å². The standard InChI is InChI=1S/C15H11F3N2O/c1-21-13-6-5-12(7-8-19)20-14(13)10-3-2-4-11(9-10)15(16,17)18/h2-6,9H,7H2,1H3. The van der Waals surface area contributed by atoms with Gasteiger partial charge in [-0.3, -0.25) is 0 Å². The van der Waals surface area contributed by atoms with Gasteiger partial charge in [0.1, 0.15) is 11.4 Å². The molecule has 0 amide bonds. The number of benzene rings is 1. The summed E-state index contributed by atoms with van der Waals surface area (Å²) in [5.41, 5.74) is 0.304. The van der Waals surface area contributed by atoms with Gasteiger partial charge in [0.25, 0.3) is 0 Å². The van der Waals surface area contributed by atoms with E-state index in [1.54, 1.807) is 12.1 Å². The molecular formula is C15H11F3N2O. The van der Waals surface area contributed by atoms with Crippen molar-refractivity contribution in [2.24, 2.45) is 0 Å². The van der Waals surface area contributed by atoms with Gasteiger partial charge in [-0.25, -0.2) is 4.98 Å². The minimum atomic E-state index is -4.42. The largest absolute Gasteiger partial charge is 0.494 e. The van der Waals surface area contributed by atoms with E-state index in [9.17, 15) is 13.2 Å².